The minimum atomic E-state index is -0.969. The molecule has 1 amide bonds. The van der Waals surface area contributed by atoms with Crippen molar-refractivity contribution >= 4 is 11.9 Å². The Kier molecular flexibility index (Phi) is 4.77. The maximum Gasteiger partial charge on any atom is 0.329 e. The summed E-state index contributed by atoms with van der Waals surface area (Å²) in [6, 6.07) is 0. The summed E-state index contributed by atoms with van der Waals surface area (Å²) >= 11 is 0. The van der Waals surface area contributed by atoms with Crippen LogP contribution in [0.4, 0.5) is 0 Å². The lowest BCUT2D eigenvalue weighted by Gasteiger charge is -2.25. The molecule has 0 radical (unpaired) electrons. The highest BCUT2D eigenvalue weighted by Crippen LogP contribution is 2.30. The van der Waals surface area contributed by atoms with Gasteiger partial charge in [0, 0.05) is 6.42 Å². The van der Waals surface area contributed by atoms with Crippen molar-refractivity contribution in [3.63, 3.8) is 0 Å². The van der Waals surface area contributed by atoms with Gasteiger partial charge in [0.25, 0.3) is 0 Å². The summed E-state index contributed by atoms with van der Waals surface area (Å²) in [5.74, 6) is -0.994. The molecule has 1 saturated carbocycles. The predicted octanol–water partition coefficient (Wildman–Crippen LogP) is 2.08. The predicted molar refractivity (Wildman–Crippen MR) is 61.1 cm³/mol. The van der Waals surface area contributed by atoms with Crippen molar-refractivity contribution in [3.05, 3.63) is 0 Å². The van der Waals surface area contributed by atoms with Gasteiger partial charge in [-0.05, 0) is 19.3 Å². The van der Waals surface area contributed by atoms with E-state index in [4.69, 9.17) is 5.11 Å². The second-order valence-electron chi connectivity index (χ2n) is 4.60. The van der Waals surface area contributed by atoms with Crippen LogP contribution in [0.25, 0.3) is 0 Å². The number of nitrogens with one attached hydrogen (secondary N) is 1. The zero-order valence-corrected chi connectivity index (χ0v) is 9.92. The minimum absolute atomic E-state index is 0.113. The number of carbonyl (C=O) groups excluding carboxylic acids is 1. The van der Waals surface area contributed by atoms with E-state index >= 15 is 0 Å². The van der Waals surface area contributed by atoms with Gasteiger partial charge in [0.05, 0.1) is 0 Å². The number of amides is 1. The van der Waals surface area contributed by atoms with Gasteiger partial charge in [-0.25, -0.2) is 4.79 Å². The molecule has 16 heavy (non-hydrogen) atoms. The first kappa shape index (κ1) is 13.0. The topological polar surface area (TPSA) is 66.4 Å². The van der Waals surface area contributed by atoms with Crippen molar-refractivity contribution in [3.8, 4) is 0 Å². The molecule has 0 bridgehead atoms. The van der Waals surface area contributed by atoms with E-state index in [1.54, 1.807) is 0 Å². The van der Waals surface area contributed by atoms with Crippen LogP contribution >= 0.6 is 0 Å². The molecule has 0 heterocycles. The molecule has 0 aromatic rings. The number of rotatable bonds is 6. The molecule has 0 aliphatic heterocycles. The zero-order valence-electron chi connectivity index (χ0n) is 9.92. The molecule has 1 fully saturated rings. The van der Waals surface area contributed by atoms with Gasteiger partial charge in [0.1, 0.15) is 5.54 Å². The summed E-state index contributed by atoms with van der Waals surface area (Å²) in [5, 5.41) is 11.9. The second-order valence-corrected chi connectivity index (χ2v) is 4.60. The lowest BCUT2D eigenvalue weighted by molar-refractivity contribution is -0.147. The SMILES string of the molecule is CCCCCC(=O)NC1(C(=O)O)CCCC1. The summed E-state index contributed by atoms with van der Waals surface area (Å²) in [5.41, 5.74) is -0.969. The number of aliphatic carboxylic acids is 1. The Labute approximate surface area is 96.4 Å². The van der Waals surface area contributed by atoms with Gasteiger partial charge in [-0.3, -0.25) is 4.79 Å². The maximum absolute atomic E-state index is 11.6. The molecular weight excluding hydrogens is 206 g/mol. The summed E-state index contributed by atoms with van der Waals surface area (Å²) in [6.45, 7) is 2.08. The highest BCUT2D eigenvalue weighted by Gasteiger charge is 2.42. The number of unbranched alkanes of at least 4 members (excludes halogenated alkanes) is 2. The first-order chi connectivity index (χ1) is 7.60. The van der Waals surface area contributed by atoms with E-state index in [-0.39, 0.29) is 5.91 Å². The van der Waals surface area contributed by atoms with Crippen LogP contribution in [0.2, 0.25) is 0 Å². The fourth-order valence-electron chi connectivity index (χ4n) is 2.24. The van der Waals surface area contributed by atoms with Crippen LogP contribution in [0.15, 0.2) is 0 Å². The van der Waals surface area contributed by atoms with E-state index in [1.807, 2.05) is 0 Å². The highest BCUT2D eigenvalue weighted by atomic mass is 16.4. The fourth-order valence-corrected chi connectivity index (χ4v) is 2.24. The molecule has 0 aromatic carbocycles. The van der Waals surface area contributed by atoms with Gasteiger partial charge in [0.15, 0.2) is 0 Å². The van der Waals surface area contributed by atoms with Crippen LogP contribution in [0, 0.1) is 0 Å². The quantitative estimate of drug-likeness (QED) is 0.683. The summed E-state index contributed by atoms with van der Waals surface area (Å²) in [7, 11) is 0. The average Bonchev–Trinajstić information content (AvgIpc) is 2.68. The summed E-state index contributed by atoms with van der Waals surface area (Å²) in [4.78, 5) is 22.8. The zero-order chi connectivity index (χ0) is 12.0. The van der Waals surface area contributed by atoms with E-state index < -0.39 is 11.5 Å². The third kappa shape index (κ3) is 3.22. The molecule has 0 saturated heterocycles. The average molecular weight is 227 g/mol. The Morgan fingerprint density at radius 3 is 2.38 bits per heavy atom. The van der Waals surface area contributed by atoms with Crippen molar-refractivity contribution < 1.29 is 14.7 Å². The van der Waals surface area contributed by atoms with Crippen molar-refractivity contribution in [2.45, 2.75) is 63.8 Å². The smallest absolute Gasteiger partial charge is 0.329 e. The van der Waals surface area contributed by atoms with Gasteiger partial charge in [-0.1, -0.05) is 32.6 Å². The Morgan fingerprint density at radius 1 is 1.25 bits per heavy atom. The number of carboxylic acids is 1. The second kappa shape index (κ2) is 5.87. The van der Waals surface area contributed by atoms with Gasteiger partial charge in [0.2, 0.25) is 5.91 Å². The van der Waals surface area contributed by atoms with E-state index in [2.05, 4.69) is 12.2 Å². The number of hydrogen-bond acceptors (Lipinski definition) is 2. The van der Waals surface area contributed by atoms with Crippen LogP contribution in [0.1, 0.15) is 58.3 Å². The molecule has 1 rings (SSSR count). The van der Waals surface area contributed by atoms with Crippen LogP contribution in [0.5, 0.6) is 0 Å². The number of hydrogen-bond donors (Lipinski definition) is 2. The maximum atomic E-state index is 11.6. The molecule has 4 heteroatoms. The van der Waals surface area contributed by atoms with Crippen molar-refractivity contribution in [2.75, 3.05) is 0 Å². The van der Waals surface area contributed by atoms with E-state index in [9.17, 15) is 9.59 Å². The Bertz CT molecular complexity index is 257. The van der Waals surface area contributed by atoms with E-state index in [0.717, 1.165) is 32.1 Å². The van der Waals surface area contributed by atoms with Crippen molar-refractivity contribution in [2.24, 2.45) is 0 Å². The first-order valence-corrected chi connectivity index (χ1v) is 6.15. The molecular formula is C12H21NO3. The van der Waals surface area contributed by atoms with Crippen molar-refractivity contribution in [1.29, 1.82) is 0 Å². The summed E-state index contributed by atoms with van der Waals surface area (Å²) in [6.07, 6.45) is 6.30. The number of carbonyl (C=O) groups is 2. The molecule has 0 spiro atoms. The molecule has 1 aliphatic carbocycles. The largest absolute Gasteiger partial charge is 0.480 e. The van der Waals surface area contributed by atoms with Gasteiger partial charge in [-0.2, -0.15) is 0 Å². The van der Waals surface area contributed by atoms with Crippen LogP contribution in [0.3, 0.4) is 0 Å². The molecule has 0 unspecified atom stereocenters. The third-order valence-electron chi connectivity index (χ3n) is 3.25. The lowest BCUT2D eigenvalue weighted by Crippen LogP contribution is -2.52. The molecule has 0 aromatic heterocycles. The molecule has 2 N–H and O–H groups in total. The molecule has 4 nitrogen and oxygen atoms in total. The molecule has 0 atom stereocenters. The Balaban J connectivity index is 2.43. The molecule has 1 aliphatic rings. The van der Waals surface area contributed by atoms with Gasteiger partial charge in [-0.15, -0.1) is 0 Å². The third-order valence-corrected chi connectivity index (χ3v) is 3.25. The molecule has 92 valence electrons. The normalized spacial score (nSPS) is 18.3. The van der Waals surface area contributed by atoms with Crippen LogP contribution < -0.4 is 5.32 Å². The highest BCUT2D eigenvalue weighted by molar-refractivity contribution is 5.87. The minimum Gasteiger partial charge on any atom is -0.480 e. The van der Waals surface area contributed by atoms with Gasteiger partial charge < -0.3 is 10.4 Å². The van der Waals surface area contributed by atoms with Crippen LogP contribution in [-0.2, 0) is 9.59 Å². The van der Waals surface area contributed by atoms with E-state index in [1.165, 1.54) is 0 Å². The Hall–Kier alpha value is -1.06. The summed E-state index contributed by atoms with van der Waals surface area (Å²) < 4.78 is 0. The monoisotopic (exact) mass is 227 g/mol. The Morgan fingerprint density at radius 2 is 1.88 bits per heavy atom. The van der Waals surface area contributed by atoms with Crippen molar-refractivity contribution in [1.82, 2.24) is 5.32 Å². The van der Waals surface area contributed by atoms with Crippen LogP contribution in [-0.4, -0.2) is 22.5 Å². The first-order valence-electron chi connectivity index (χ1n) is 6.15. The van der Waals surface area contributed by atoms with E-state index in [0.29, 0.717) is 19.3 Å². The van der Waals surface area contributed by atoms with Gasteiger partial charge >= 0.3 is 5.97 Å². The number of carboxylic acid groups (broad SMARTS) is 1. The lowest BCUT2D eigenvalue weighted by atomic mass is 9.97. The standard InChI is InChI=1S/C12H21NO3/c1-2-3-4-7-10(14)13-12(11(15)16)8-5-6-9-12/h2-9H2,1H3,(H,13,14)(H,15,16). The fraction of sp³-hybridized carbons (Fsp3) is 0.833.